The van der Waals surface area contributed by atoms with Gasteiger partial charge in [-0.2, -0.15) is 11.8 Å². The molecule has 0 bridgehead atoms. The number of nitrogens with two attached hydrogens (primary N) is 1. The van der Waals surface area contributed by atoms with Gasteiger partial charge in [0.1, 0.15) is 0 Å². The molecule has 0 fully saturated rings. The molecule has 0 rings (SSSR count). The van der Waals surface area contributed by atoms with E-state index >= 15 is 0 Å². The predicted octanol–water partition coefficient (Wildman–Crippen LogP) is 5.44. The van der Waals surface area contributed by atoms with Crippen molar-refractivity contribution in [3.05, 3.63) is 36.1 Å². The number of rotatable bonds is 10. The molecule has 0 aliphatic carbocycles. The predicted molar refractivity (Wildman–Crippen MR) is 104 cm³/mol. The quantitative estimate of drug-likeness (QED) is 0.415. The fraction of sp³-hybridized carbons (Fsp3) is 0.684. The number of aliphatic hydroxyl groups is 1. The molecule has 3 N–H and O–H groups in total. The summed E-state index contributed by atoms with van der Waals surface area (Å²) in [5, 5.41) is 9.37. The molecule has 0 saturated carbocycles. The molecule has 2 nitrogen and oxygen atoms in total. The summed E-state index contributed by atoms with van der Waals surface area (Å²) in [6, 6.07) is 0. The first kappa shape index (κ1) is 23.6. The minimum Gasteiger partial charge on any atom is -0.399 e. The summed E-state index contributed by atoms with van der Waals surface area (Å²) in [6.45, 7) is 11.6. The first-order chi connectivity index (χ1) is 10.3. The van der Waals surface area contributed by atoms with Crippen LogP contribution >= 0.6 is 11.8 Å². The Bertz CT molecular complexity index is 327. The van der Waals surface area contributed by atoms with Crippen molar-refractivity contribution < 1.29 is 5.11 Å². The van der Waals surface area contributed by atoms with Crippen LogP contribution in [0.4, 0.5) is 0 Å². The lowest BCUT2D eigenvalue weighted by Crippen LogP contribution is -2.17. The fourth-order valence-electron chi connectivity index (χ4n) is 1.78. The normalized spacial score (nSPS) is 12.6. The number of allylic oxidation sites excluding steroid dienone is 3. The maximum Gasteiger partial charge on any atom is 0.0591 e. The average Bonchev–Trinajstić information content (AvgIpc) is 2.46. The maximum absolute atomic E-state index is 9.37. The topological polar surface area (TPSA) is 46.2 Å². The first-order valence-corrected chi connectivity index (χ1v) is 9.66. The van der Waals surface area contributed by atoms with Crippen molar-refractivity contribution in [1.82, 2.24) is 0 Å². The van der Waals surface area contributed by atoms with Gasteiger partial charge in [-0.3, -0.25) is 0 Å². The van der Waals surface area contributed by atoms with Crippen molar-refractivity contribution >= 4 is 11.8 Å². The molecule has 0 aromatic carbocycles. The van der Waals surface area contributed by atoms with E-state index in [1.54, 1.807) is 11.8 Å². The third-order valence-electron chi connectivity index (χ3n) is 3.15. The summed E-state index contributed by atoms with van der Waals surface area (Å²) >= 11 is 1.76. The molecule has 0 radical (unpaired) electrons. The van der Waals surface area contributed by atoms with E-state index in [2.05, 4.69) is 19.8 Å². The molecule has 3 heteroatoms. The van der Waals surface area contributed by atoms with Crippen molar-refractivity contribution in [2.24, 2.45) is 5.73 Å². The fourth-order valence-corrected chi connectivity index (χ4v) is 2.32. The molecule has 0 atom stereocenters. The van der Waals surface area contributed by atoms with Gasteiger partial charge in [0.05, 0.1) is 5.60 Å². The van der Waals surface area contributed by atoms with E-state index in [9.17, 15) is 5.11 Å². The molecule has 0 saturated heterocycles. The summed E-state index contributed by atoms with van der Waals surface area (Å²) in [6.07, 6.45) is 15.1. The summed E-state index contributed by atoms with van der Waals surface area (Å²) in [5.74, 6) is 0.970. The SMILES string of the molecule is C=C/C(=C\C(N)=C/C)CSC.CCCCCCCC(C)(C)O. The van der Waals surface area contributed by atoms with Crippen LogP contribution in [0, 0.1) is 0 Å². The van der Waals surface area contributed by atoms with Crippen molar-refractivity contribution in [3.63, 3.8) is 0 Å². The third kappa shape index (κ3) is 19.3. The van der Waals surface area contributed by atoms with Crippen molar-refractivity contribution in [3.8, 4) is 0 Å². The van der Waals surface area contributed by atoms with E-state index < -0.39 is 5.60 Å². The highest BCUT2D eigenvalue weighted by molar-refractivity contribution is 7.98. The van der Waals surface area contributed by atoms with Crippen LogP contribution in [0.5, 0.6) is 0 Å². The Labute approximate surface area is 143 Å². The summed E-state index contributed by atoms with van der Waals surface area (Å²) in [5.41, 5.74) is 7.13. The first-order valence-electron chi connectivity index (χ1n) is 8.26. The molecule has 0 amide bonds. The zero-order valence-corrected chi connectivity index (χ0v) is 16.1. The number of unbranched alkanes of at least 4 members (excludes halogenated alkanes) is 4. The Morgan fingerprint density at radius 3 is 2.23 bits per heavy atom. The molecule has 0 aromatic rings. The highest BCUT2D eigenvalue weighted by atomic mass is 32.2. The van der Waals surface area contributed by atoms with Crippen LogP contribution in [0.3, 0.4) is 0 Å². The molecular formula is C19H37NOS. The lowest BCUT2D eigenvalue weighted by atomic mass is 10.0. The summed E-state index contributed by atoms with van der Waals surface area (Å²) in [4.78, 5) is 0. The highest BCUT2D eigenvalue weighted by Gasteiger charge is 2.10. The highest BCUT2D eigenvalue weighted by Crippen LogP contribution is 2.14. The van der Waals surface area contributed by atoms with Gasteiger partial charge in [0, 0.05) is 11.4 Å². The van der Waals surface area contributed by atoms with Gasteiger partial charge in [0.15, 0.2) is 0 Å². The van der Waals surface area contributed by atoms with Crippen LogP contribution in [0.2, 0.25) is 0 Å². The second-order valence-electron chi connectivity index (χ2n) is 6.12. The van der Waals surface area contributed by atoms with E-state index in [0.717, 1.165) is 17.9 Å². The van der Waals surface area contributed by atoms with Gasteiger partial charge in [0.2, 0.25) is 0 Å². The molecule has 0 spiro atoms. The Kier molecular flexibility index (Phi) is 16.3. The second kappa shape index (κ2) is 15.2. The van der Waals surface area contributed by atoms with E-state index in [-0.39, 0.29) is 0 Å². The third-order valence-corrected chi connectivity index (χ3v) is 3.77. The molecule has 0 aliphatic rings. The smallest absolute Gasteiger partial charge is 0.0591 e. The Morgan fingerprint density at radius 2 is 1.82 bits per heavy atom. The molecule has 0 heterocycles. The second-order valence-corrected chi connectivity index (χ2v) is 6.99. The monoisotopic (exact) mass is 327 g/mol. The van der Waals surface area contributed by atoms with E-state index in [1.165, 1.54) is 37.7 Å². The Morgan fingerprint density at radius 1 is 1.23 bits per heavy atom. The molecule has 0 unspecified atom stereocenters. The van der Waals surface area contributed by atoms with Crippen molar-refractivity contribution in [2.75, 3.05) is 12.0 Å². The number of thioether (sulfide) groups is 1. The van der Waals surface area contributed by atoms with Crippen molar-refractivity contribution in [1.29, 1.82) is 0 Å². The minimum atomic E-state index is -0.452. The van der Waals surface area contributed by atoms with Gasteiger partial charge in [-0.1, -0.05) is 57.8 Å². The van der Waals surface area contributed by atoms with Gasteiger partial charge in [0.25, 0.3) is 0 Å². The molecule has 0 aliphatic heterocycles. The van der Waals surface area contributed by atoms with Crippen LogP contribution in [0.15, 0.2) is 36.1 Å². The van der Waals surface area contributed by atoms with Gasteiger partial charge >= 0.3 is 0 Å². The van der Waals surface area contributed by atoms with Crippen LogP contribution < -0.4 is 5.73 Å². The Balaban J connectivity index is 0. The minimum absolute atomic E-state index is 0.452. The molecule has 22 heavy (non-hydrogen) atoms. The van der Waals surface area contributed by atoms with Crippen LogP contribution in [0.1, 0.15) is 66.2 Å². The zero-order valence-electron chi connectivity index (χ0n) is 15.3. The zero-order chi connectivity index (χ0) is 17.4. The van der Waals surface area contributed by atoms with Gasteiger partial charge in [-0.25, -0.2) is 0 Å². The van der Waals surface area contributed by atoms with Crippen LogP contribution in [-0.4, -0.2) is 22.7 Å². The molecule has 130 valence electrons. The van der Waals surface area contributed by atoms with E-state index in [1.807, 2.05) is 39.0 Å². The largest absolute Gasteiger partial charge is 0.399 e. The lowest BCUT2D eigenvalue weighted by molar-refractivity contribution is 0.0680. The maximum atomic E-state index is 9.37. The standard InChI is InChI=1S/C10H22O.C9H15NS/c1-4-5-6-7-8-9-10(2,3)11;1-4-8(7-11-3)6-9(10)5-2/h11H,4-9H2,1-3H3;4-6H,1,7,10H2,2-3H3/b;8-6+,9-5+. The number of hydrogen-bond acceptors (Lipinski definition) is 3. The van der Waals surface area contributed by atoms with E-state index in [0.29, 0.717) is 0 Å². The summed E-state index contributed by atoms with van der Waals surface area (Å²) < 4.78 is 0. The summed E-state index contributed by atoms with van der Waals surface area (Å²) in [7, 11) is 0. The van der Waals surface area contributed by atoms with Crippen LogP contribution in [0.25, 0.3) is 0 Å². The Hall–Kier alpha value is -0.670. The van der Waals surface area contributed by atoms with E-state index in [4.69, 9.17) is 5.73 Å². The van der Waals surface area contributed by atoms with Crippen LogP contribution in [-0.2, 0) is 0 Å². The van der Waals surface area contributed by atoms with Crippen molar-refractivity contribution in [2.45, 2.75) is 71.8 Å². The molecular weight excluding hydrogens is 290 g/mol. The van der Waals surface area contributed by atoms with Gasteiger partial charge in [-0.05, 0) is 45.1 Å². The number of hydrogen-bond donors (Lipinski definition) is 2. The molecule has 0 aromatic heterocycles. The average molecular weight is 328 g/mol. The lowest BCUT2D eigenvalue weighted by Gasteiger charge is -2.16. The van der Waals surface area contributed by atoms with Gasteiger partial charge < -0.3 is 10.8 Å². The van der Waals surface area contributed by atoms with Gasteiger partial charge in [-0.15, -0.1) is 0 Å².